The fourth-order valence-corrected chi connectivity index (χ4v) is 1.65. The molecule has 0 amide bonds. The van der Waals surface area contributed by atoms with Crippen molar-refractivity contribution in [3.05, 3.63) is 0 Å². The van der Waals surface area contributed by atoms with Crippen LogP contribution in [-0.2, 0) is 9.53 Å². The maximum absolute atomic E-state index is 11.1. The van der Waals surface area contributed by atoms with E-state index in [-0.39, 0.29) is 11.9 Å². The summed E-state index contributed by atoms with van der Waals surface area (Å²) in [6.07, 6.45) is 1.92. The summed E-state index contributed by atoms with van der Waals surface area (Å²) in [6, 6.07) is 0. The Labute approximate surface area is 73.7 Å². The molecule has 1 rings (SSSR count). The highest BCUT2D eigenvalue weighted by Crippen LogP contribution is 2.17. The number of esters is 1. The van der Waals surface area contributed by atoms with Gasteiger partial charge in [-0.1, -0.05) is 6.92 Å². The first-order valence-electron chi connectivity index (χ1n) is 4.58. The monoisotopic (exact) mass is 171 g/mol. The molecular weight excluding hydrogens is 154 g/mol. The maximum Gasteiger partial charge on any atom is 0.308 e. The second-order valence-corrected chi connectivity index (χ2v) is 3.23. The molecule has 0 aromatic heterocycles. The Kier molecular flexibility index (Phi) is 3.53. The van der Waals surface area contributed by atoms with Crippen molar-refractivity contribution in [2.24, 2.45) is 5.92 Å². The summed E-state index contributed by atoms with van der Waals surface area (Å²) in [5.74, 6) is 0.114. The van der Waals surface area contributed by atoms with Crippen LogP contribution in [0.4, 0.5) is 0 Å². The SMILES string of the molecule is CCN1CCC(C(=O)OC)CC1. The number of hydrogen-bond acceptors (Lipinski definition) is 3. The van der Waals surface area contributed by atoms with Gasteiger partial charge in [-0.05, 0) is 32.5 Å². The quantitative estimate of drug-likeness (QED) is 0.578. The van der Waals surface area contributed by atoms with Crippen LogP contribution in [0.25, 0.3) is 0 Å². The number of rotatable bonds is 2. The van der Waals surface area contributed by atoms with Gasteiger partial charge in [-0.25, -0.2) is 0 Å². The third-order valence-electron chi connectivity index (χ3n) is 2.57. The molecule has 1 heterocycles. The molecule has 0 aromatic rings. The van der Waals surface area contributed by atoms with E-state index in [1.54, 1.807) is 0 Å². The minimum absolute atomic E-state index is 0.0363. The van der Waals surface area contributed by atoms with E-state index in [2.05, 4.69) is 11.8 Å². The Morgan fingerprint density at radius 1 is 1.50 bits per heavy atom. The molecule has 0 atom stereocenters. The predicted molar refractivity (Wildman–Crippen MR) is 46.9 cm³/mol. The Morgan fingerprint density at radius 3 is 2.50 bits per heavy atom. The third-order valence-corrected chi connectivity index (χ3v) is 2.57. The number of hydrogen-bond donors (Lipinski definition) is 0. The first-order chi connectivity index (χ1) is 5.77. The topological polar surface area (TPSA) is 29.5 Å². The lowest BCUT2D eigenvalue weighted by Gasteiger charge is -2.29. The van der Waals surface area contributed by atoms with E-state index in [9.17, 15) is 4.79 Å². The predicted octanol–water partition coefficient (Wildman–Crippen LogP) is 0.891. The van der Waals surface area contributed by atoms with Crippen LogP contribution < -0.4 is 0 Å². The molecule has 3 nitrogen and oxygen atoms in total. The Bertz CT molecular complexity index is 151. The van der Waals surface area contributed by atoms with Gasteiger partial charge in [0.1, 0.15) is 0 Å². The average molecular weight is 171 g/mol. The van der Waals surface area contributed by atoms with Gasteiger partial charge in [0.25, 0.3) is 0 Å². The van der Waals surface area contributed by atoms with E-state index in [0.717, 1.165) is 32.5 Å². The van der Waals surface area contributed by atoms with Gasteiger partial charge in [-0.3, -0.25) is 4.79 Å². The standard InChI is InChI=1S/C9H17NO2/c1-3-10-6-4-8(5-7-10)9(11)12-2/h8H,3-7H2,1-2H3. The Morgan fingerprint density at radius 2 is 2.08 bits per heavy atom. The average Bonchev–Trinajstić information content (AvgIpc) is 2.17. The van der Waals surface area contributed by atoms with Crippen molar-refractivity contribution in [2.75, 3.05) is 26.7 Å². The molecule has 1 aliphatic rings. The van der Waals surface area contributed by atoms with Gasteiger partial charge >= 0.3 is 5.97 Å². The van der Waals surface area contributed by atoms with Gasteiger partial charge in [0.2, 0.25) is 0 Å². The van der Waals surface area contributed by atoms with E-state index in [1.165, 1.54) is 7.11 Å². The summed E-state index contributed by atoms with van der Waals surface area (Å²) in [5.41, 5.74) is 0. The van der Waals surface area contributed by atoms with Crippen molar-refractivity contribution in [3.63, 3.8) is 0 Å². The minimum Gasteiger partial charge on any atom is -0.469 e. The molecule has 0 N–H and O–H groups in total. The number of methoxy groups -OCH3 is 1. The smallest absolute Gasteiger partial charge is 0.308 e. The molecule has 0 saturated carbocycles. The van der Waals surface area contributed by atoms with Crippen LogP contribution >= 0.6 is 0 Å². The van der Waals surface area contributed by atoms with Gasteiger partial charge in [0.05, 0.1) is 13.0 Å². The molecule has 12 heavy (non-hydrogen) atoms. The van der Waals surface area contributed by atoms with Crippen molar-refractivity contribution in [1.29, 1.82) is 0 Å². The van der Waals surface area contributed by atoms with Crippen LogP contribution in [0, 0.1) is 5.92 Å². The second kappa shape index (κ2) is 4.45. The van der Waals surface area contributed by atoms with Crippen LogP contribution in [0.1, 0.15) is 19.8 Å². The summed E-state index contributed by atoms with van der Waals surface area (Å²) in [6.45, 7) is 5.32. The van der Waals surface area contributed by atoms with Gasteiger partial charge in [0, 0.05) is 0 Å². The van der Waals surface area contributed by atoms with Crippen molar-refractivity contribution in [2.45, 2.75) is 19.8 Å². The lowest BCUT2D eigenvalue weighted by atomic mass is 9.97. The largest absolute Gasteiger partial charge is 0.469 e. The normalized spacial score (nSPS) is 20.8. The summed E-state index contributed by atoms with van der Waals surface area (Å²) in [4.78, 5) is 13.5. The number of likely N-dealkylation sites (tertiary alicyclic amines) is 1. The molecule has 0 spiro atoms. The third kappa shape index (κ3) is 2.21. The molecule has 0 radical (unpaired) electrons. The van der Waals surface area contributed by atoms with Gasteiger partial charge in [0.15, 0.2) is 0 Å². The zero-order valence-corrected chi connectivity index (χ0v) is 7.88. The fourth-order valence-electron chi connectivity index (χ4n) is 1.65. The van der Waals surface area contributed by atoms with Crippen molar-refractivity contribution >= 4 is 5.97 Å². The Hall–Kier alpha value is -0.570. The van der Waals surface area contributed by atoms with Crippen LogP contribution in [-0.4, -0.2) is 37.6 Å². The molecular formula is C9H17NO2. The number of carbonyl (C=O) groups excluding carboxylic acids is 1. The van der Waals surface area contributed by atoms with E-state index >= 15 is 0 Å². The highest BCUT2D eigenvalue weighted by atomic mass is 16.5. The van der Waals surface area contributed by atoms with E-state index < -0.39 is 0 Å². The van der Waals surface area contributed by atoms with Crippen LogP contribution in [0.15, 0.2) is 0 Å². The lowest BCUT2D eigenvalue weighted by Crippen LogP contribution is -2.36. The minimum atomic E-state index is -0.0363. The molecule has 0 aromatic carbocycles. The molecule has 3 heteroatoms. The van der Waals surface area contributed by atoms with Crippen molar-refractivity contribution in [1.82, 2.24) is 4.90 Å². The van der Waals surface area contributed by atoms with Gasteiger partial charge in [-0.15, -0.1) is 0 Å². The van der Waals surface area contributed by atoms with Crippen LogP contribution in [0.2, 0.25) is 0 Å². The van der Waals surface area contributed by atoms with Crippen LogP contribution in [0.5, 0.6) is 0 Å². The molecule has 1 saturated heterocycles. The second-order valence-electron chi connectivity index (χ2n) is 3.23. The molecule has 1 aliphatic heterocycles. The summed E-state index contributed by atoms with van der Waals surface area (Å²) in [5, 5.41) is 0. The highest BCUT2D eigenvalue weighted by molar-refractivity contribution is 5.72. The van der Waals surface area contributed by atoms with Crippen LogP contribution in [0.3, 0.4) is 0 Å². The summed E-state index contributed by atoms with van der Waals surface area (Å²) >= 11 is 0. The van der Waals surface area contributed by atoms with E-state index in [4.69, 9.17) is 4.74 Å². The molecule has 0 aliphatic carbocycles. The van der Waals surface area contributed by atoms with Crippen molar-refractivity contribution < 1.29 is 9.53 Å². The zero-order chi connectivity index (χ0) is 8.97. The molecule has 0 unspecified atom stereocenters. The van der Waals surface area contributed by atoms with Gasteiger partial charge < -0.3 is 9.64 Å². The number of carbonyl (C=O) groups is 1. The van der Waals surface area contributed by atoms with Gasteiger partial charge in [-0.2, -0.15) is 0 Å². The Balaban J connectivity index is 2.30. The number of nitrogens with zero attached hydrogens (tertiary/aromatic N) is 1. The summed E-state index contributed by atoms with van der Waals surface area (Å²) in [7, 11) is 1.47. The maximum atomic E-state index is 11.1. The fraction of sp³-hybridized carbons (Fsp3) is 0.889. The highest BCUT2D eigenvalue weighted by Gasteiger charge is 2.24. The first-order valence-corrected chi connectivity index (χ1v) is 4.58. The number of ether oxygens (including phenoxy) is 1. The zero-order valence-electron chi connectivity index (χ0n) is 7.88. The lowest BCUT2D eigenvalue weighted by molar-refractivity contribution is -0.147. The molecule has 0 bridgehead atoms. The summed E-state index contributed by atoms with van der Waals surface area (Å²) < 4.78 is 4.70. The molecule has 1 fully saturated rings. The van der Waals surface area contributed by atoms with E-state index in [0.29, 0.717) is 0 Å². The van der Waals surface area contributed by atoms with Crippen molar-refractivity contribution in [3.8, 4) is 0 Å². The molecule has 70 valence electrons. The first kappa shape index (κ1) is 9.52. The van der Waals surface area contributed by atoms with E-state index in [1.807, 2.05) is 0 Å². The number of piperidine rings is 1.